The Kier molecular flexibility index (Phi) is 2.24. The van der Waals surface area contributed by atoms with Crippen molar-refractivity contribution < 1.29 is 0 Å². The van der Waals surface area contributed by atoms with Crippen LogP contribution in [-0.4, -0.2) is 20.4 Å². The molecule has 0 aromatic carbocycles. The summed E-state index contributed by atoms with van der Waals surface area (Å²) in [6.45, 7) is 1.98. The first-order chi connectivity index (χ1) is 6.77. The monoisotopic (exact) mass is 189 g/mol. The van der Waals surface area contributed by atoms with Crippen LogP contribution in [0, 0.1) is 6.92 Å². The molecule has 72 valence electrons. The van der Waals surface area contributed by atoms with E-state index in [1.807, 2.05) is 13.0 Å². The normalized spacial score (nSPS) is 12.7. The third-order valence-electron chi connectivity index (χ3n) is 2.01. The maximum Gasteiger partial charge on any atom is 0.104 e. The molecule has 0 aliphatic rings. The van der Waals surface area contributed by atoms with Crippen LogP contribution in [-0.2, 0) is 0 Å². The van der Waals surface area contributed by atoms with Crippen LogP contribution in [0.25, 0.3) is 0 Å². The second kappa shape index (κ2) is 3.55. The number of aromatic nitrogens is 4. The molecule has 2 rings (SSSR count). The molecule has 0 fully saturated rings. The lowest BCUT2D eigenvalue weighted by atomic mass is 10.1. The van der Waals surface area contributed by atoms with Crippen LogP contribution in [0.2, 0.25) is 0 Å². The van der Waals surface area contributed by atoms with Gasteiger partial charge >= 0.3 is 0 Å². The van der Waals surface area contributed by atoms with Crippen LogP contribution >= 0.6 is 0 Å². The predicted molar refractivity (Wildman–Crippen MR) is 51.4 cm³/mol. The number of aryl methyl sites for hydroxylation is 1. The summed E-state index contributed by atoms with van der Waals surface area (Å²) in [6.07, 6.45) is 5.15. The molecular weight excluding hydrogens is 178 g/mol. The number of hydrogen-bond acceptors (Lipinski definition) is 4. The van der Waals surface area contributed by atoms with Crippen molar-refractivity contribution in [3.05, 3.63) is 41.5 Å². The van der Waals surface area contributed by atoms with Crippen LogP contribution in [0.5, 0.6) is 0 Å². The number of nitrogens with one attached hydrogen (secondary N) is 1. The molecular formula is C9H11N5. The summed E-state index contributed by atoms with van der Waals surface area (Å²) in [6, 6.07) is 1.73. The minimum atomic E-state index is -0.263. The van der Waals surface area contributed by atoms with E-state index in [1.165, 1.54) is 0 Å². The summed E-state index contributed by atoms with van der Waals surface area (Å²) in [4.78, 5) is 4.08. The van der Waals surface area contributed by atoms with E-state index < -0.39 is 0 Å². The molecule has 5 nitrogen and oxygen atoms in total. The lowest BCUT2D eigenvalue weighted by molar-refractivity contribution is 0.803. The molecule has 1 unspecified atom stereocenters. The lowest BCUT2D eigenvalue weighted by Crippen LogP contribution is -2.12. The average molecular weight is 189 g/mol. The summed E-state index contributed by atoms with van der Waals surface area (Å²) in [5.74, 6) is 0. The first kappa shape index (κ1) is 8.83. The maximum absolute atomic E-state index is 5.97. The Morgan fingerprint density at radius 1 is 1.36 bits per heavy atom. The topological polar surface area (TPSA) is 80.5 Å². The molecule has 1 atom stereocenters. The zero-order valence-electron chi connectivity index (χ0n) is 7.81. The third-order valence-corrected chi connectivity index (χ3v) is 2.01. The molecule has 0 saturated carbocycles. The Morgan fingerprint density at radius 2 is 2.21 bits per heavy atom. The van der Waals surface area contributed by atoms with Gasteiger partial charge in [0, 0.05) is 12.4 Å². The largest absolute Gasteiger partial charge is 0.319 e. The van der Waals surface area contributed by atoms with Crippen molar-refractivity contribution in [2.45, 2.75) is 13.0 Å². The van der Waals surface area contributed by atoms with Gasteiger partial charge in [0.15, 0.2) is 0 Å². The van der Waals surface area contributed by atoms with Gasteiger partial charge in [-0.2, -0.15) is 15.4 Å². The fourth-order valence-corrected chi connectivity index (χ4v) is 1.28. The highest BCUT2D eigenvalue weighted by Gasteiger charge is 2.11. The van der Waals surface area contributed by atoms with Gasteiger partial charge in [-0.3, -0.25) is 4.98 Å². The minimum Gasteiger partial charge on any atom is -0.319 e. The molecule has 2 heterocycles. The summed E-state index contributed by atoms with van der Waals surface area (Å²) in [7, 11) is 0. The third kappa shape index (κ3) is 1.62. The van der Waals surface area contributed by atoms with E-state index in [1.54, 1.807) is 18.6 Å². The number of nitrogens with zero attached hydrogens (tertiary/aromatic N) is 3. The fraction of sp³-hybridized carbons (Fsp3) is 0.222. The molecule has 0 aliphatic heterocycles. The summed E-state index contributed by atoms with van der Waals surface area (Å²) in [5, 5.41) is 10.2. The van der Waals surface area contributed by atoms with Gasteiger partial charge in [0.25, 0.3) is 0 Å². The van der Waals surface area contributed by atoms with Gasteiger partial charge in [0.05, 0.1) is 12.2 Å². The molecule has 2 aromatic rings. The van der Waals surface area contributed by atoms with Crippen molar-refractivity contribution in [1.82, 2.24) is 20.4 Å². The molecule has 0 aliphatic carbocycles. The lowest BCUT2D eigenvalue weighted by Gasteiger charge is -2.07. The molecule has 0 bridgehead atoms. The Hall–Kier alpha value is -1.75. The molecule has 0 saturated heterocycles. The first-order valence-corrected chi connectivity index (χ1v) is 4.30. The highest BCUT2D eigenvalue weighted by Crippen LogP contribution is 2.15. The zero-order chi connectivity index (χ0) is 9.97. The van der Waals surface area contributed by atoms with Crippen LogP contribution < -0.4 is 5.73 Å². The van der Waals surface area contributed by atoms with Gasteiger partial charge < -0.3 is 5.73 Å². The van der Waals surface area contributed by atoms with Crippen molar-refractivity contribution in [3.63, 3.8) is 0 Å². The molecule has 5 heteroatoms. The number of H-pyrrole nitrogens is 1. The number of pyridine rings is 1. The fourth-order valence-electron chi connectivity index (χ4n) is 1.28. The Bertz CT molecular complexity index is 409. The SMILES string of the molecule is Cc1cncc(C(N)c2cn[nH]n2)c1. The summed E-state index contributed by atoms with van der Waals surface area (Å²) < 4.78 is 0. The molecule has 3 N–H and O–H groups in total. The van der Waals surface area contributed by atoms with Crippen LogP contribution in [0.4, 0.5) is 0 Å². The van der Waals surface area contributed by atoms with Crippen LogP contribution in [0.3, 0.4) is 0 Å². The van der Waals surface area contributed by atoms with Gasteiger partial charge in [0.1, 0.15) is 5.69 Å². The van der Waals surface area contributed by atoms with E-state index in [9.17, 15) is 0 Å². The number of hydrogen-bond donors (Lipinski definition) is 2. The van der Waals surface area contributed by atoms with Crippen LogP contribution in [0.1, 0.15) is 22.9 Å². The van der Waals surface area contributed by atoms with E-state index in [2.05, 4.69) is 20.4 Å². The van der Waals surface area contributed by atoms with Gasteiger partial charge in [0.2, 0.25) is 0 Å². The summed E-state index contributed by atoms with van der Waals surface area (Å²) in [5.41, 5.74) is 8.72. The molecule has 0 spiro atoms. The van der Waals surface area contributed by atoms with Crippen molar-refractivity contribution in [2.24, 2.45) is 5.73 Å². The van der Waals surface area contributed by atoms with Gasteiger partial charge in [-0.05, 0) is 18.1 Å². The second-order valence-corrected chi connectivity index (χ2v) is 3.17. The first-order valence-electron chi connectivity index (χ1n) is 4.30. The van der Waals surface area contributed by atoms with E-state index in [0.717, 1.165) is 16.8 Å². The number of aromatic amines is 1. The number of rotatable bonds is 2. The Balaban J connectivity index is 2.32. The predicted octanol–water partition coefficient (Wildman–Crippen LogP) is 0.556. The van der Waals surface area contributed by atoms with E-state index in [0.29, 0.717) is 0 Å². The molecule has 0 amide bonds. The minimum absolute atomic E-state index is 0.263. The second-order valence-electron chi connectivity index (χ2n) is 3.17. The standard InChI is InChI=1S/C9H11N5/c1-6-2-7(4-11-3-6)9(10)8-5-12-14-13-8/h2-5,9H,10H2,1H3,(H,12,13,14). The van der Waals surface area contributed by atoms with E-state index in [-0.39, 0.29) is 6.04 Å². The van der Waals surface area contributed by atoms with Crippen molar-refractivity contribution >= 4 is 0 Å². The quantitative estimate of drug-likeness (QED) is 0.723. The van der Waals surface area contributed by atoms with Crippen molar-refractivity contribution in [1.29, 1.82) is 0 Å². The average Bonchev–Trinajstić information content (AvgIpc) is 2.69. The van der Waals surface area contributed by atoms with Crippen LogP contribution in [0.15, 0.2) is 24.7 Å². The molecule has 2 aromatic heterocycles. The van der Waals surface area contributed by atoms with E-state index >= 15 is 0 Å². The Morgan fingerprint density at radius 3 is 2.86 bits per heavy atom. The highest BCUT2D eigenvalue weighted by atomic mass is 15.3. The maximum atomic E-state index is 5.97. The summed E-state index contributed by atoms with van der Waals surface area (Å²) >= 11 is 0. The van der Waals surface area contributed by atoms with Crippen molar-refractivity contribution in [3.8, 4) is 0 Å². The van der Waals surface area contributed by atoms with Gasteiger partial charge in [-0.25, -0.2) is 0 Å². The smallest absolute Gasteiger partial charge is 0.104 e. The molecule has 14 heavy (non-hydrogen) atoms. The molecule has 0 radical (unpaired) electrons. The van der Waals surface area contributed by atoms with Gasteiger partial charge in [-0.15, -0.1) is 0 Å². The number of nitrogens with two attached hydrogens (primary N) is 1. The van der Waals surface area contributed by atoms with E-state index in [4.69, 9.17) is 5.73 Å². The zero-order valence-corrected chi connectivity index (χ0v) is 7.81. The van der Waals surface area contributed by atoms with Crippen molar-refractivity contribution in [2.75, 3.05) is 0 Å². The Labute approximate surface area is 81.4 Å². The van der Waals surface area contributed by atoms with Gasteiger partial charge in [-0.1, -0.05) is 6.07 Å². The highest BCUT2D eigenvalue weighted by molar-refractivity contribution is 5.25.